The Bertz CT molecular complexity index is 483. The van der Waals surface area contributed by atoms with E-state index in [0.29, 0.717) is 11.5 Å². The Morgan fingerprint density at radius 2 is 1.50 bits per heavy atom. The number of allylic oxidation sites excluding steroid dienone is 1. The van der Waals surface area contributed by atoms with Crippen molar-refractivity contribution in [3.63, 3.8) is 0 Å². The van der Waals surface area contributed by atoms with Gasteiger partial charge < -0.3 is 10.2 Å². The Labute approximate surface area is 108 Å². The molecule has 0 aromatic heterocycles. The quantitative estimate of drug-likeness (QED) is 0.786. The van der Waals surface area contributed by atoms with Crippen LogP contribution in [-0.4, -0.2) is 10.2 Å². The van der Waals surface area contributed by atoms with Crippen molar-refractivity contribution in [2.75, 3.05) is 0 Å². The molecule has 0 saturated carbocycles. The lowest BCUT2D eigenvalue weighted by Gasteiger charge is -1.97. The summed E-state index contributed by atoms with van der Waals surface area (Å²) in [5.41, 5.74) is 1.85. The summed E-state index contributed by atoms with van der Waals surface area (Å²) in [6.07, 6.45) is 2.50. The van der Waals surface area contributed by atoms with E-state index < -0.39 is 0 Å². The zero-order valence-corrected chi connectivity index (χ0v) is 10.5. The Balaban J connectivity index is 0.000000184. The molecule has 18 heavy (non-hydrogen) atoms. The average molecular weight is 242 g/mol. The van der Waals surface area contributed by atoms with Crippen molar-refractivity contribution in [2.45, 2.75) is 13.3 Å². The highest BCUT2D eigenvalue weighted by Crippen LogP contribution is 2.15. The fraction of sp³-hybridized carbons (Fsp3) is 0.125. The fourth-order valence-electron chi connectivity index (χ4n) is 1.40. The van der Waals surface area contributed by atoms with Gasteiger partial charge in [-0.3, -0.25) is 0 Å². The third-order valence-electron chi connectivity index (χ3n) is 2.47. The first-order valence-electron chi connectivity index (χ1n) is 5.77. The van der Waals surface area contributed by atoms with Gasteiger partial charge in [-0.25, -0.2) is 0 Å². The molecule has 0 fully saturated rings. The van der Waals surface area contributed by atoms with Gasteiger partial charge in [-0.1, -0.05) is 42.5 Å². The first kappa shape index (κ1) is 13.8. The fourth-order valence-corrected chi connectivity index (χ4v) is 1.40. The molecule has 2 heteroatoms. The van der Waals surface area contributed by atoms with E-state index in [2.05, 4.69) is 6.58 Å². The van der Waals surface area contributed by atoms with Gasteiger partial charge in [-0.05, 0) is 36.6 Å². The van der Waals surface area contributed by atoms with Crippen LogP contribution in [-0.2, 0) is 6.42 Å². The Morgan fingerprint density at radius 1 is 0.944 bits per heavy atom. The van der Waals surface area contributed by atoms with Crippen LogP contribution in [0.3, 0.4) is 0 Å². The summed E-state index contributed by atoms with van der Waals surface area (Å²) in [5.74, 6) is 0.718. The molecule has 0 aliphatic rings. The Kier molecular flexibility index (Phi) is 5.52. The monoisotopic (exact) mass is 242 g/mol. The molecule has 2 aromatic rings. The van der Waals surface area contributed by atoms with E-state index in [1.54, 1.807) is 18.2 Å². The molecule has 2 aromatic carbocycles. The number of aryl methyl sites for hydroxylation is 1. The van der Waals surface area contributed by atoms with Gasteiger partial charge in [-0.2, -0.15) is 0 Å². The highest BCUT2D eigenvalue weighted by Gasteiger charge is 1.93. The highest BCUT2D eigenvalue weighted by atomic mass is 16.3. The normalized spacial score (nSPS) is 9.17. The summed E-state index contributed by atoms with van der Waals surface area (Å²) in [7, 11) is 0. The summed E-state index contributed by atoms with van der Waals surface area (Å²) in [4.78, 5) is 0. The lowest BCUT2D eigenvalue weighted by Crippen LogP contribution is -1.79. The number of benzene rings is 2. The number of rotatable bonds is 2. The second kappa shape index (κ2) is 7.17. The van der Waals surface area contributed by atoms with Crippen molar-refractivity contribution >= 4 is 0 Å². The molecule has 94 valence electrons. The van der Waals surface area contributed by atoms with Gasteiger partial charge >= 0.3 is 0 Å². The van der Waals surface area contributed by atoms with Crippen LogP contribution in [0.4, 0.5) is 0 Å². The number of aromatic hydroxyl groups is 2. The zero-order valence-electron chi connectivity index (χ0n) is 10.5. The first-order valence-corrected chi connectivity index (χ1v) is 5.77. The number of hydrogen-bond acceptors (Lipinski definition) is 2. The van der Waals surface area contributed by atoms with Crippen LogP contribution in [0.15, 0.2) is 61.2 Å². The first-order chi connectivity index (χ1) is 8.65. The predicted molar refractivity (Wildman–Crippen MR) is 74.9 cm³/mol. The summed E-state index contributed by atoms with van der Waals surface area (Å²) in [5, 5.41) is 18.1. The molecule has 2 N–H and O–H groups in total. The van der Waals surface area contributed by atoms with E-state index in [4.69, 9.17) is 5.11 Å². The summed E-state index contributed by atoms with van der Waals surface area (Å²) < 4.78 is 0. The van der Waals surface area contributed by atoms with E-state index in [1.807, 2.05) is 43.3 Å². The van der Waals surface area contributed by atoms with Crippen molar-refractivity contribution in [2.24, 2.45) is 0 Å². The third-order valence-corrected chi connectivity index (χ3v) is 2.47. The van der Waals surface area contributed by atoms with Crippen molar-refractivity contribution in [1.29, 1.82) is 0 Å². The molecule has 0 unspecified atom stereocenters. The largest absolute Gasteiger partial charge is 0.508 e. The van der Waals surface area contributed by atoms with E-state index in [-0.39, 0.29) is 0 Å². The van der Waals surface area contributed by atoms with Gasteiger partial charge in [0, 0.05) is 0 Å². The average Bonchev–Trinajstić information content (AvgIpc) is 2.37. The maximum Gasteiger partial charge on any atom is 0.119 e. The van der Waals surface area contributed by atoms with Crippen LogP contribution in [0.1, 0.15) is 11.1 Å². The molecule has 0 spiro atoms. The molecule has 0 amide bonds. The summed E-state index contributed by atoms with van der Waals surface area (Å²) >= 11 is 0. The Hall–Kier alpha value is -2.22. The summed E-state index contributed by atoms with van der Waals surface area (Å²) in [6.45, 7) is 5.46. The molecule has 2 rings (SSSR count). The molecule has 0 aliphatic heterocycles. The topological polar surface area (TPSA) is 40.5 Å². The maximum absolute atomic E-state index is 9.19. The predicted octanol–water partition coefficient (Wildman–Crippen LogP) is 3.82. The third kappa shape index (κ3) is 4.34. The van der Waals surface area contributed by atoms with E-state index in [9.17, 15) is 5.11 Å². The highest BCUT2D eigenvalue weighted by molar-refractivity contribution is 5.33. The van der Waals surface area contributed by atoms with Crippen molar-refractivity contribution in [3.05, 3.63) is 72.3 Å². The molecular formula is C16H18O2. The second-order valence-corrected chi connectivity index (χ2v) is 3.91. The van der Waals surface area contributed by atoms with E-state index in [1.165, 1.54) is 0 Å². The minimum atomic E-state index is 0.349. The van der Waals surface area contributed by atoms with Crippen LogP contribution in [0.2, 0.25) is 0 Å². The minimum Gasteiger partial charge on any atom is -0.508 e. The smallest absolute Gasteiger partial charge is 0.119 e. The SMILES string of the molecule is C=CCc1ccccc1O.Cc1ccccc1O. The standard InChI is InChI=1S/C9H10O.C7H8O/c1-2-5-8-6-3-4-7-9(8)10;1-6-4-2-3-5-7(6)8/h2-4,6-7,10H,1,5H2;2-5,8H,1H3. The number of para-hydroxylation sites is 2. The van der Waals surface area contributed by atoms with Crippen LogP contribution in [0.5, 0.6) is 11.5 Å². The minimum absolute atomic E-state index is 0.349. The molecule has 0 atom stereocenters. The molecule has 0 radical (unpaired) electrons. The molecular weight excluding hydrogens is 224 g/mol. The van der Waals surface area contributed by atoms with Gasteiger partial charge in [0.2, 0.25) is 0 Å². The van der Waals surface area contributed by atoms with Crippen molar-refractivity contribution < 1.29 is 10.2 Å². The molecule has 0 heterocycles. The van der Waals surface area contributed by atoms with Gasteiger partial charge in [0.25, 0.3) is 0 Å². The second-order valence-electron chi connectivity index (χ2n) is 3.91. The lowest BCUT2D eigenvalue weighted by molar-refractivity contribution is 0.469. The van der Waals surface area contributed by atoms with Crippen LogP contribution < -0.4 is 0 Å². The molecule has 0 aliphatic carbocycles. The maximum atomic E-state index is 9.19. The van der Waals surface area contributed by atoms with Gasteiger partial charge in [0.05, 0.1) is 0 Å². The van der Waals surface area contributed by atoms with Gasteiger partial charge in [-0.15, -0.1) is 6.58 Å². The van der Waals surface area contributed by atoms with E-state index >= 15 is 0 Å². The van der Waals surface area contributed by atoms with Crippen molar-refractivity contribution in [1.82, 2.24) is 0 Å². The Morgan fingerprint density at radius 3 is 1.94 bits per heavy atom. The van der Waals surface area contributed by atoms with Crippen molar-refractivity contribution in [3.8, 4) is 11.5 Å². The molecule has 2 nitrogen and oxygen atoms in total. The summed E-state index contributed by atoms with van der Waals surface area (Å²) in [6, 6.07) is 14.5. The van der Waals surface area contributed by atoms with Crippen LogP contribution in [0.25, 0.3) is 0 Å². The van der Waals surface area contributed by atoms with Gasteiger partial charge in [0.15, 0.2) is 0 Å². The van der Waals surface area contributed by atoms with Crippen LogP contribution >= 0.6 is 0 Å². The number of phenols is 2. The number of phenolic OH excluding ortho intramolecular Hbond substituents is 2. The zero-order chi connectivity index (χ0) is 13.4. The molecule has 0 bridgehead atoms. The van der Waals surface area contributed by atoms with E-state index in [0.717, 1.165) is 17.5 Å². The lowest BCUT2D eigenvalue weighted by atomic mass is 10.1. The number of hydrogen-bond donors (Lipinski definition) is 2. The van der Waals surface area contributed by atoms with Gasteiger partial charge in [0.1, 0.15) is 11.5 Å². The van der Waals surface area contributed by atoms with Crippen LogP contribution in [0, 0.1) is 6.92 Å². The molecule has 0 saturated heterocycles.